The van der Waals surface area contributed by atoms with Crippen molar-refractivity contribution >= 4 is 5.97 Å². The fourth-order valence-corrected chi connectivity index (χ4v) is 3.57. The first-order valence-electron chi connectivity index (χ1n) is 9.38. The Balaban J connectivity index is 1.60. The predicted molar refractivity (Wildman–Crippen MR) is 97.2 cm³/mol. The molecule has 0 aliphatic heterocycles. The fraction of sp³-hybridized carbons (Fsp3) is 0.409. The molecule has 2 aromatic rings. The third-order valence-corrected chi connectivity index (χ3v) is 5.33. The number of carbonyl (C=O) groups is 1. The van der Waals surface area contributed by atoms with Gasteiger partial charge in [0.2, 0.25) is 0 Å². The number of ether oxygens (including phenoxy) is 1. The zero-order chi connectivity index (χ0) is 19.4. The monoisotopic (exact) mass is 376 g/mol. The van der Waals surface area contributed by atoms with Crippen LogP contribution in [-0.4, -0.2) is 5.97 Å². The van der Waals surface area contributed by atoms with Crippen LogP contribution in [0, 0.1) is 29.3 Å². The van der Waals surface area contributed by atoms with Crippen LogP contribution in [0.5, 0.6) is 5.75 Å². The average molecular weight is 376 g/mol. The highest BCUT2D eigenvalue weighted by atomic mass is 19.2. The molecule has 27 heavy (non-hydrogen) atoms. The van der Waals surface area contributed by atoms with Gasteiger partial charge in [-0.05, 0) is 54.5 Å². The predicted octanol–water partition coefficient (Wildman–Crippen LogP) is 6.08. The van der Waals surface area contributed by atoms with E-state index in [1.165, 1.54) is 37.8 Å². The maximum Gasteiger partial charge on any atom is 0.346 e. The van der Waals surface area contributed by atoms with E-state index < -0.39 is 23.4 Å². The lowest BCUT2D eigenvalue weighted by Crippen LogP contribution is -2.13. The highest BCUT2D eigenvalue weighted by molar-refractivity contribution is 5.91. The lowest BCUT2D eigenvalue weighted by Gasteiger charge is -2.26. The van der Waals surface area contributed by atoms with Crippen LogP contribution in [0.2, 0.25) is 0 Å². The molecule has 0 aromatic heterocycles. The SMILES string of the molecule is C[C@H]1CC[C@H](CCc2ccc(C(=O)Oc3ccc(F)c(F)c3)c(F)c2)CC1. The second-order valence-corrected chi connectivity index (χ2v) is 7.44. The third-order valence-electron chi connectivity index (χ3n) is 5.33. The highest BCUT2D eigenvalue weighted by Crippen LogP contribution is 2.31. The molecule has 0 atom stereocenters. The van der Waals surface area contributed by atoms with Crippen molar-refractivity contribution < 1.29 is 22.7 Å². The molecule has 5 heteroatoms. The van der Waals surface area contributed by atoms with Gasteiger partial charge >= 0.3 is 5.97 Å². The fourth-order valence-electron chi connectivity index (χ4n) is 3.57. The highest BCUT2D eigenvalue weighted by Gasteiger charge is 2.19. The van der Waals surface area contributed by atoms with Crippen molar-refractivity contribution in [1.29, 1.82) is 0 Å². The lowest BCUT2D eigenvalue weighted by molar-refractivity contribution is 0.0729. The molecule has 144 valence electrons. The Kier molecular flexibility index (Phi) is 6.19. The Morgan fingerprint density at radius 2 is 1.70 bits per heavy atom. The first-order chi connectivity index (χ1) is 12.9. The van der Waals surface area contributed by atoms with Gasteiger partial charge in [0.15, 0.2) is 11.6 Å². The van der Waals surface area contributed by atoms with E-state index in [1.807, 2.05) is 0 Å². The van der Waals surface area contributed by atoms with Crippen molar-refractivity contribution in [2.24, 2.45) is 11.8 Å². The van der Waals surface area contributed by atoms with Gasteiger partial charge in [0.1, 0.15) is 11.6 Å². The number of benzene rings is 2. The van der Waals surface area contributed by atoms with Crippen molar-refractivity contribution in [3.05, 3.63) is 65.0 Å². The standard InChI is InChI=1S/C22H23F3O2/c1-14-2-4-15(5-3-14)6-7-16-8-10-18(20(24)12-16)22(26)27-17-9-11-19(23)21(25)13-17/h8-15H,2-7H2,1H3/t14-,15-. The van der Waals surface area contributed by atoms with Crippen molar-refractivity contribution in [3.63, 3.8) is 0 Å². The molecule has 1 aliphatic rings. The van der Waals surface area contributed by atoms with Crippen LogP contribution in [-0.2, 0) is 6.42 Å². The molecule has 0 unspecified atom stereocenters. The van der Waals surface area contributed by atoms with E-state index in [0.717, 1.165) is 42.5 Å². The van der Waals surface area contributed by atoms with Crippen molar-refractivity contribution in [2.75, 3.05) is 0 Å². The van der Waals surface area contributed by atoms with E-state index in [2.05, 4.69) is 6.92 Å². The number of rotatable bonds is 5. The Bertz CT molecular complexity index is 811. The van der Waals surface area contributed by atoms with E-state index in [1.54, 1.807) is 6.07 Å². The molecule has 0 saturated heterocycles. The molecule has 0 N–H and O–H groups in total. The molecule has 1 saturated carbocycles. The molecule has 0 amide bonds. The average Bonchev–Trinajstić information content (AvgIpc) is 2.64. The summed E-state index contributed by atoms with van der Waals surface area (Å²) in [6.45, 7) is 2.28. The molecule has 0 bridgehead atoms. The van der Waals surface area contributed by atoms with E-state index in [0.29, 0.717) is 5.92 Å². The molecule has 1 fully saturated rings. The van der Waals surface area contributed by atoms with Gasteiger partial charge in [0, 0.05) is 6.07 Å². The van der Waals surface area contributed by atoms with Crippen molar-refractivity contribution in [2.45, 2.75) is 45.4 Å². The molecule has 0 spiro atoms. The molecule has 2 aromatic carbocycles. The van der Waals surface area contributed by atoms with Crippen LogP contribution in [0.25, 0.3) is 0 Å². The summed E-state index contributed by atoms with van der Waals surface area (Å²) in [6, 6.07) is 7.18. The van der Waals surface area contributed by atoms with E-state index in [9.17, 15) is 18.0 Å². The van der Waals surface area contributed by atoms with E-state index in [4.69, 9.17) is 4.74 Å². The van der Waals surface area contributed by atoms with E-state index >= 15 is 0 Å². The summed E-state index contributed by atoms with van der Waals surface area (Å²) in [5.41, 5.74) is 0.616. The van der Waals surface area contributed by atoms with Crippen LogP contribution >= 0.6 is 0 Å². The van der Waals surface area contributed by atoms with Gasteiger partial charge in [-0.25, -0.2) is 18.0 Å². The van der Waals surface area contributed by atoms with Gasteiger partial charge in [-0.15, -0.1) is 0 Å². The maximum absolute atomic E-state index is 14.3. The second kappa shape index (κ2) is 8.59. The summed E-state index contributed by atoms with van der Waals surface area (Å²) in [5, 5.41) is 0. The van der Waals surface area contributed by atoms with Gasteiger partial charge in [0.25, 0.3) is 0 Å². The Hall–Kier alpha value is -2.30. The largest absolute Gasteiger partial charge is 0.423 e. The molecular formula is C22H23F3O2. The Morgan fingerprint density at radius 3 is 2.37 bits per heavy atom. The zero-order valence-corrected chi connectivity index (χ0v) is 15.3. The van der Waals surface area contributed by atoms with Crippen LogP contribution < -0.4 is 4.74 Å². The smallest absolute Gasteiger partial charge is 0.346 e. The third kappa shape index (κ3) is 5.12. The van der Waals surface area contributed by atoms with Crippen LogP contribution in [0.1, 0.15) is 54.9 Å². The normalized spacial score (nSPS) is 19.7. The minimum atomic E-state index is -1.13. The number of carbonyl (C=O) groups excluding carboxylic acids is 1. The lowest BCUT2D eigenvalue weighted by atomic mass is 9.80. The van der Waals surface area contributed by atoms with Gasteiger partial charge in [0.05, 0.1) is 5.56 Å². The number of esters is 1. The number of hydrogen-bond donors (Lipinski definition) is 0. The summed E-state index contributed by atoms with van der Waals surface area (Å²) >= 11 is 0. The molecule has 2 nitrogen and oxygen atoms in total. The second-order valence-electron chi connectivity index (χ2n) is 7.44. The summed E-state index contributed by atoms with van der Waals surface area (Å²) in [5.74, 6) is -2.47. The quantitative estimate of drug-likeness (QED) is 0.467. The van der Waals surface area contributed by atoms with Gasteiger partial charge < -0.3 is 4.74 Å². The number of halogens is 3. The Morgan fingerprint density at radius 1 is 0.963 bits per heavy atom. The molecule has 1 aliphatic carbocycles. The van der Waals surface area contributed by atoms with Gasteiger partial charge in [-0.3, -0.25) is 0 Å². The van der Waals surface area contributed by atoms with Crippen LogP contribution in [0.15, 0.2) is 36.4 Å². The van der Waals surface area contributed by atoms with Crippen LogP contribution in [0.3, 0.4) is 0 Å². The maximum atomic E-state index is 14.3. The summed E-state index contributed by atoms with van der Waals surface area (Å²) in [7, 11) is 0. The molecule has 0 radical (unpaired) electrons. The van der Waals surface area contributed by atoms with Crippen LogP contribution in [0.4, 0.5) is 13.2 Å². The Labute approximate surface area is 157 Å². The molecular weight excluding hydrogens is 353 g/mol. The van der Waals surface area contributed by atoms with Crippen molar-refractivity contribution in [3.8, 4) is 5.75 Å². The summed E-state index contributed by atoms with van der Waals surface area (Å²) in [4.78, 5) is 12.1. The van der Waals surface area contributed by atoms with Gasteiger partial charge in [-0.2, -0.15) is 0 Å². The topological polar surface area (TPSA) is 26.3 Å². The van der Waals surface area contributed by atoms with Crippen molar-refractivity contribution in [1.82, 2.24) is 0 Å². The minimum absolute atomic E-state index is 0.172. The number of hydrogen-bond acceptors (Lipinski definition) is 2. The van der Waals surface area contributed by atoms with Gasteiger partial charge in [-0.1, -0.05) is 38.7 Å². The first-order valence-corrected chi connectivity index (χ1v) is 9.38. The molecule has 0 heterocycles. The zero-order valence-electron chi connectivity index (χ0n) is 15.3. The summed E-state index contributed by atoms with van der Waals surface area (Å²) < 4.78 is 45.4. The first kappa shape index (κ1) is 19.5. The minimum Gasteiger partial charge on any atom is -0.423 e. The number of aryl methyl sites for hydroxylation is 1. The van der Waals surface area contributed by atoms with E-state index in [-0.39, 0.29) is 11.3 Å². The summed E-state index contributed by atoms with van der Waals surface area (Å²) in [6.07, 6.45) is 6.76. The molecule has 3 rings (SSSR count).